The Morgan fingerprint density at radius 3 is 2.92 bits per heavy atom. The third kappa shape index (κ3) is 3.57. The Bertz CT molecular complexity index is 1080. The van der Waals surface area contributed by atoms with Gasteiger partial charge < -0.3 is 9.15 Å². The van der Waals surface area contributed by atoms with E-state index in [1.54, 1.807) is 34.8 Å². The maximum atomic E-state index is 11.8. The molecule has 0 radical (unpaired) electrons. The standard InChI is InChI=1S/C20H17NO3S2/c1-2-4-13-9-19(22)24-17-10-15(6-7-16(13)17)23-11-14-12-26-20(21-14)18-5-3-8-25-18/h3,5-10,12H,2,4,11H2,1H3. The molecule has 0 fully saturated rings. The molecule has 4 rings (SSSR count). The number of aryl methyl sites for hydroxylation is 1. The summed E-state index contributed by atoms with van der Waals surface area (Å²) in [5, 5.41) is 6.03. The molecule has 6 heteroatoms. The van der Waals surface area contributed by atoms with Crippen molar-refractivity contribution in [3.05, 3.63) is 68.8 Å². The van der Waals surface area contributed by atoms with Gasteiger partial charge in [-0.05, 0) is 35.6 Å². The number of benzene rings is 1. The normalized spacial score (nSPS) is 11.1. The minimum absolute atomic E-state index is 0.321. The lowest BCUT2D eigenvalue weighted by Gasteiger charge is -2.07. The second kappa shape index (κ2) is 7.43. The van der Waals surface area contributed by atoms with E-state index in [-0.39, 0.29) is 5.63 Å². The predicted molar refractivity (Wildman–Crippen MR) is 106 cm³/mol. The van der Waals surface area contributed by atoms with Gasteiger partial charge >= 0.3 is 5.63 Å². The lowest BCUT2D eigenvalue weighted by Crippen LogP contribution is -2.01. The number of hydrogen-bond acceptors (Lipinski definition) is 6. The van der Waals surface area contributed by atoms with Crippen LogP contribution in [0.5, 0.6) is 5.75 Å². The molecule has 0 spiro atoms. The van der Waals surface area contributed by atoms with E-state index in [0.29, 0.717) is 17.9 Å². The zero-order chi connectivity index (χ0) is 17.9. The van der Waals surface area contributed by atoms with Crippen LogP contribution in [0, 0.1) is 0 Å². The molecule has 132 valence electrons. The van der Waals surface area contributed by atoms with Crippen LogP contribution in [0.2, 0.25) is 0 Å². The van der Waals surface area contributed by atoms with Crippen LogP contribution >= 0.6 is 22.7 Å². The molecule has 0 aliphatic heterocycles. The average Bonchev–Trinajstić information content (AvgIpc) is 3.31. The van der Waals surface area contributed by atoms with Crippen molar-refractivity contribution in [3.63, 3.8) is 0 Å². The first kappa shape index (κ1) is 17.0. The van der Waals surface area contributed by atoms with Crippen LogP contribution in [0.4, 0.5) is 0 Å². The number of fused-ring (bicyclic) bond motifs is 1. The second-order valence-electron chi connectivity index (χ2n) is 5.91. The molecule has 0 amide bonds. The highest BCUT2D eigenvalue weighted by Gasteiger charge is 2.09. The van der Waals surface area contributed by atoms with Gasteiger partial charge in [0.25, 0.3) is 0 Å². The zero-order valence-corrected chi connectivity index (χ0v) is 15.9. The van der Waals surface area contributed by atoms with Crippen molar-refractivity contribution >= 4 is 33.6 Å². The summed E-state index contributed by atoms with van der Waals surface area (Å²) in [6, 6.07) is 11.3. The van der Waals surface area contributed by atoms with E-state index in [4.69, 9.17) is 9.15 Å². The number of aromatic nitrogens is 1. The van der Waals surface area contributed by atoms with Crippen molar-refractivity contribution in [2.24, 2.45) is 0 Å². The molecule has 4 nitrogen and oxygen atoms in total. The Morgan fingerprint density at radius 1 is 1.19 bits per heavy atom. The Hall–Kier alpha value is -2.44. The van der Waals surface area contributed by atoms with Gasteiger partial charge in [0.2, 0.25) is 0 Å². The number of ether oxygens (including phenoxy) is 1. The average molecular weight is 383 g/mol. The summed E-state index contributed by atoms with van der Waals surface area (Å²) in [5.41, 5.74) is 2.15. The van der Waals surface area contributed by atoms with E-state index in [1.165, 1.54) is 0 Å². The lowest BCUT2D eigenvalue weighted by molar-refractivity contribution is 0.302. The summed E-state index contributed by atoms with van der Waals surface area (Å²) in [7, 11) is 0. The van der Waals surface area contributed by atoms with E-state index in [1.807, 2.05) is 29.0 Å². The van der Waals surface area contributed by atoms with Crippen LogP contribution < -0.4 is 10.4 Å². The number of hydrogen-bond donors (Lipinski definition) is 0. The first-order valence-electron chi connectivity index (χ1n) is 8.41. The smallest absolute Gasteiger partial charge is 0.336 e. The molecule has 3 aromatic heterocycles. The molecule has 0 unspecified atom stereocenters. The summed E-state index contributed by atoms with van der Waals surface area (Å²) >= 11 is 3.29. The summed E-state index contributed by atoms with van der Waals surface area (Å²) in [4.78, 5) is 17.5. The number of thiophene rings is 1. The van der Waals surface area contributed by atoms with E-state index in [2.05, 4.69) is 18.0 Å². The summed E-state index contributed by atoms with van der Waals surface area (Å²) in [6.07, 6.45) is 1.83. The highest BCUT2D eigenvalue weighted by molar-refractivity contribution is 7.20. The fourth-order valence-corrected chi connectivity index (χ4v) is 4.44. The highest BCUT2D eigenvalue weighted by atomic mass is 32.1. The Kier molecular flexibility index (Phi) is 4.86. The summed E-state index contributed by atoms with van der Waals surface area (Å²) in [5.74, 6) is 0.667. The molecule has 3 heterocycles. The molecule has 0 bridgehead atoms. The first-order chi connectivity index (χ1) is 12.7. The maximum absolute atomic E-state index is 11.8. The lowest BCUT2D eigenvalue weighted by atomic mass is 10.1. The first-order valence-corrected chi connectivity index (χ1v) is 10.2. The molecule has 26 heavy (non-hydrogen) atoms. The molecule has 0 aliphatic rings. The molecule has 1 aromatic carbocycles. The zero-order valence-electron chi connectivity index (χ0n) is 14.2. The van der Waals surface area contributed by atoms with Crippen molar-refractivity contribution in [3.8, 4) is 15.6 Å². The van der Waals surface area contributed by atoms with Crippen LogP contribution in [-0.4, -0.2) is 4.98 Å². The van der Waals surface area contributed by atoms with Gasteiger partial charge in [-0.15, -0.1) is 22.7 Å². The van der Waals surface area contributed by atoms with Crippen molar-refractivity contribution < 1.29 is 9.15 Å². The Labute approximate surface area is 158 Å². The summed E-state index contributed by atoms with van der Waals surface area (Å²) < 4.78 is 11.2. The van der Waals surface area contributed by atoms with Crippen molar-refractivity contribution in [2.45, 2.75) is 26.4 Å². The largest absolute Gasteiger partial charge is 0.487 e. The topological polar surface area (TPSA) is 52.3 Å². The fraction of sp³-hybridized carbons (Fsp3) is 0.200. The molecule has 0 N–H and O–H groups in total. The van der Waals surface area contributed by atoms with Crippen molar-refractivity contribution in [1.82, 2.24) is 4.98 Å². The molecule has 0 atom stereocenters. The van der Waals surface area contributed by atoms with Gasteiger partial charge in [-0.2, -0.15) is 0 Å². The maximum Gasteiger partial charge on any atom is 0.336 e. The van der Waals surface area contributed by atoms with Gasteiger partial charge in [-0.25, -0.2) is 9.78 Å². The third-order valence-electron chi connectivity index (χ3n) is 3.99. The van der Waals surface area contributed by atoms with Gasteiger partial charge in [-0.3, -0.25) is 0 Å². The molecule has 0 saturated carbocycles. The molecule has 0 saturated heterocycles. The van der Waals surface area contributed by atoms with E-state index in [0.717, 1.165) is 39.4 Å². The van der Waals surface area contributed by atoms with Gasteiger partial charge in [0.1, 0.15) is 22.9 Å². The SMILES string of the molecule is CCCc1cc(=O)oc2cc(OCc3csc(-c4cccs4)n3)ccc12. The highest BCUT2D eigenvalue weighted by Crippen LogP contribution is 2.29. The van der Waals surface area contributed by atoms with Crippen molar-refractivity contribution in [2.75, 3.05) is 0 Å². The molecular weight excluding hydrogens is 366 g/mol. The third-order valence-corrected chi connectivity index (χ3v) is 5.92. The van der Waals surface area contributed by atoms with Crippen molar-refractivity contribution in [1.29, 1.82) is 0 Å². The van der Waals surface area contributed by atoms with Crippen LogP contribution in [0.15, 0.2) is 56.4 Å². The number of rotatable bonds is 6. The van der Waals surface area contributed by atoms with E-state index in [9.17, 15) is 4.79 Å². The van der Waals surface area contributed by atoms with Crippen LogP contribution in [0.25, 0.3) is 20.9 Å². The Balaban J connectivity index is 1.53. The molecule has 0 aliphatic carbocycles. The van der Waals surface area contributed by atoms with E-state index >= 15 is 0 Å². The van der Waals surface area contributed by atoms with Gasteiger partial charge in [-0.1, -0.05) is 19.4 Å². The summed E-state index contributed by atoms with van der Waals surface area (Å²) in [6.45, 7) is 2.47. The van der Waals surface area contributed by atoms with Crippen LogP contribution in [-0.2, 0) is 13.0 Å². The number of thiazole rings is 1. The van der Waals surface area contributed by atoms with Crippen LogP contribution in [0.1, 0.15) is 24.6 Å². The van der Waals surface area contributed by atoms with E-state index < -0.39 is 0 Å². The minimum atomic E-state index is -0.321. The molecular formula is C20H17NO3S2. The van der Waals surface area contributed by atoms with Gasteiger partial charge in [0.15, 0.2) is 0 Å². The minimum Gasteiger partial charge on any atom is -0.487 e. The quantitative estimate of drug-likeness (QED) is 0.412. The Morgan fingerprint density at radius 2 is 2.12 bits per heavy atom. The van der Waals surface area contributed by atoms with Crippen LogP contribution in [0.3, 0.4) is 0 Å². The molecule has 4 aromatic rings. The predicted octanol–water partition coefficient (Wildman–Crippen LogP) is 5.51. The number of nitrogens with zero attached hydrogens (tertiary/aromatic N) is 1. The second-order valence-corrected chi connectivity index (χ2v) is 7.71. The van der Waals surface area contributed by atoms with Gasteiger partial charge in [0, 0.05) is 22.9 Å². The van der Waals surface area contributed by atoms with Gasteiger partial charge in [0.05, 0.1) is 10.6 Å². The fourth-order valence-electron chi connectivity index (χ4n) is 2.82. The monoisotopic (exact) mass is 383 g/mol.